The van der Waals surface area contributed by atoms with E-state index >= 15 is 0 Å². The van der Waals surface area contributed by atoms with Crippen LogP contribution in [0.4, 0.5) is 70.2 Å². The van der Waals surface area contributed by atoms with E-state index in [-0.39, 0.29) is 0 Å². The fourth-order valence-corrected chi connectivity index (χ4v) is 3.59. The molecule has 0 rings (SSSR count). The molecule has 0 aliphatic carbocycles. The van der Waals surface area contributed by atoms with Gasteiger partial charge in [0.05, 0.1) is 0 Å². The first-order chi connectivity index (χ1) is 12.5. The molecule has 0 aromatic rings. The number of nitrogens with one attached hydrogen (secondary N) is 1. The Morgan fingerprint density at radius 3 is 1.00 bits per heavy atom. The predicted octanol–water partition coefficient (Wildman–Crippen LogP) is 3.45. The molecular formula is C7HF16NO4S2. The van der Waals surface area contributed by atoms with Crippen molar-refractivity contribution < 1.29 is 87.1 Å². The van der Waals surface area contributed by atoms with E-state index in [0.717, 1.165) is 0 Å². The van der Waals surface area contributed by atoms with Crippen molar-refractivity contribution in [2.45, 2.75) is 40.6 Å². The molecule has 23 heteroatoms. The molecule has 0 aliphatic rings. The Morgan fingerprint density at radius 2 is 0.733 bits per heavy atom. The Bertz CT molecular complexity index is 866. The van der Waals surface area contributed by atoms with Gasteiger partial charge >= 0.3 is 50.7 Å². The van der Waals surface area contributed by atoms with Crippen LogP contribution in [0.2, 0.25) is 0 Å². The van der Waals surface area contributed by atoms with Gasteiger partial charge in [0, 0.05) is 0 Å². The molecule has 1 N–H and O–H groups in total. The second-order valence-corrected chi connectivity index (χ2v) is 8.50. The summed E-state index contributed by atoms with van der Waals surface area (Å²) >= 11 is 0. The zero-order valence-electron chi connectivity index (χ0n) is 12.5. The van der Waals surface area contributed by atoms with Crippen molar-refractivity contribution in [2.24, 2.45) is 0 Å². The van der Waals surface area contributed by atoms with Crippen molar-refractivity contribution in [3.63, 3.8) is 0 Å². The summed E-state index contributed by atoms with van der Waals surface area (Å²) in [5, 5.41) is -8.13. The minimum atomic E-state index is -8.65. The standard InChI is InChI=1S/C7HF16NO4S2/c8-1(9,3(12,13)5(16,17)18)2(10,11)4(14,15)6(19,20)29(25,26)24-30(27,28)7(21,22)23/h24H. The zero-order valence-corrected chi connectivity index (χ0v) is 14.1. The Kier molecular flexibility index (Phi) is 6.58. The number of rotatable bonds is 7. The minimum absolute atomic E-state index is 1.29. The highest BCUT2D eigenvalue weighted by molar-refractivity contribution is 8.05. The molecule has 0 spiro atoms. The van der Waals surface area contributed by atoms with Crippen LogP contribution < -0.4 is 4.13 Å². The molecule has 0 atom stereocenters. The third kappa shape index (κ3) is 3.86. The van der Waals surface area contributed by atoms with Gasteiger partial charge < -0.3 is 0 Å². The average Bonchev–Trinajstić information content (AvgIpc) is 2.42. The van der Waals surface area contributed by atoms with Crippen molar-refractivity contribution in [1.29, 1.82) is 0 Å². The van der Waals surface area contributed by atoms with Crippen LogP contribution in [0.15, 0.2) is 0 Å². The van der Waals surface area contributed by atoms with Crippen LogP contribution >= 0.6 is 0 Å². The molecule has 0 bridgehead atoms. The molecular weight excluding hydrogens is 530 g/mol. The molecule has 5 nitrogen and oxygen atoms in total. The molecule has 182 valence electrons. The van der Waals surface area contributed by atoms with Crippen molar-refractivity contribution in [1.82, 2.24) is 4.13 Å². The fourth-order valence-electron chi connectivity index (χ4n) is 1.17. The first-order valence-electron chi connectivity index (χ1n) is 5.76. The zero-order chi connectivity index (χ0) is 25.2. The van der Waals surface area contributed by atoms with Gasteiger partial charge in [-0.15, -0.1) is 0 Å². The normalized spacial score (nSPS) is 16.7. The van der Waals surface area contributed by atoms with Crippen molar-refractivity contribution in [3.8, 4) is 0 Å². The monoisotopic (exact) mass is 531 g/mol. The quantitative estimate of drug-likeness (QED) is 0.511. The Morgan fingerprint density at radius 1 is 0.433 bits per heavy atom. The van der Waals surface area contributed by atoms with Crippen LogP contribution in [0, 0.1) is 0 Å². The van der Waals surface area contributed by atoms with E-state index in [1.165, 1.54) is 0 Å². The summed E-state index contributed by atoms with van der Waals surface area (Å²) in [6, 6.07) is 0. The average molecular weight is 531 g/mol. The predicted molar refractivity (Wildman–Crippen MR) is 57.8 cm³/mol. The van der Waals surface area contributed by atoms with Crippen LogP contribution in [0.5, 0.6) is 0 Å². The number of alkyl halides is 16. The maximum atomic E-state index is 13.2. The first-order valence-corrected chi connectivity index (χ1v) is 8.72. The highest BCUT2D eigenvalue weighted by atomic mass is 32.3. The van der Waals surface area contributed by atoms with Gasteiger partial charge in [0.1, 0.15) is 0 Å². The van der Waals surface area contributed by atoms with Gasteiger partial charge in [-0.05, 0) is 0 Å². The van der Waals surface area contributed by atoms with Gasteiger partial charge in [0.25, 0.3) is 10.0 Å². The van der Waals surface area contributed by atoms with Crippen molar-refractivity contribution in [3.05, 3.63) is 0 Å². The molecule has 0 aliphatic heterocycles. The van der Waals surface area contributed by atoms with Gasteiger partial charge in [0.2, 0.25) is 0 Å². The van der Waals surface area contributed by atoms with Gasteiger partial charge in [-0.3, -0.25) is 0 Å². The second kappa shape index (κ2) is 6.87. The van der Waals surface area contributed by atoms with Gasteiger partial charge in [-0.1, -0.05) is 4.13 Å². The van der Waals surface area contributed by atoms with E-state index in [9.17, 15) is 87.1 Å². The smallest absolute Gasteiger partial charge is 0.205 e. The van der Waals surface area contributed by atoms with Crippen LogP contribution in [-0.2, 0) is 20.0 Å². The summed E-state index contributed by atoms with van der Waals surface area (Å²) in [6.07, 6.45) is -7.82. The van der Waals surface area contributed by atoms with E-state index < -0.39 is 64.8 Å². The van der Waals surface area contributed by atoms with Gasteiger partial charge in [-0.25, -0.2) is 16.8 Å². The number of hydrogen-bond donors (Lipinski definition) is 1. The second-order valence-electron chi connectivity index (χ2n) is 4.85. The lowest BCUT2D eigenvalue weighted by atomic mass is 9.98. The number of sulfonamides is 2. The summed E-state index contributed by atoms with van der Waals surface area (Å²) < 4.78 is 242. The lowest BCUT2D eigenvalue weighted by molar-refractivity contribution is -0.433. The largest absolute Gasteiger partial charge is 0.512 e. The molecule has 0 aromatic carbocycles. The summed E-state index contributed by atoms with van der Waals surface area (Å²) in [4.78, 5) is 0. The number of hydrogen-bond acceptors (Lipinski definition) is 4. The molecule has 0 saturated carbocycles. The van der Waals surface area contributed by atoms with Crippen LogP contribution in [0.3, 0.4) is 0 Å². The molecule has 0 unspecified atom stereocenters. The summed E-state index contributed by atoms with van der Waals surface area (Å²) in [7, 11) is -16.0. The Balaban J connectivity index is 6.72. The van der Waals surface area contributed by atoms with Crippen LogP contribution in [-0.4, -0.2) is 57.5 Å². The van der Waals surface area contributed by atoms with Crippen LogP contribution in [0.1, 0.15) is 0 Å². The maximum absolute atomic E-state index is 13.2. The molecule has 0 fully saturated rings. The van der Waals surface area contributed by atoms with Gasteiger partial charge in [0.15, 0.2) is 0 Å². The third-order valence-electron chi connectivity index (χ3n) is 2.77. The van der Waals surface area contributed by atoms with Crippen molar-refractivity contribution in [2.75, 3.05) is 0 Å². The summed E-state index contributed by atoms with van der Waals surface area (Å²) in [6.45, 7) is 0. The molecule has 0 aromatic heterocycles. The van der Waals surface area contributed by atoms with E-state index in [1.54, 1.807) is 0 Å². The molecule has 0 saturated heterocycles. The van der Waals surface area contributed by atoms with Crippen molar-refractivity contribution >= 4 is 20.0 Å². The van der Waals surface area contributed by atoms with E-state index in [2.05, 4.69) is 0 Å². The summed E-state index contributed by atoms with van der Waals surface area (Å²) in [5.41, 5.74) is -6.92. The summed E-state index contributed by atoms with van der Waals surface area (Å²) in [5.74, 6) is -34.0. The SMILES string of the molecule is O=S(=O)(NS(=O)(=O)C(F)(F)C(F)(F)C(F)(F)C(F)(F)C(F)(F)C(F)(F)F)C(F)(F)F. The van der Waals surface area contributed by atoms with Crippen LogP contribution in [0.25, 0.3) is 0 Å². The maximum Gasteiger partial charge on any atom is 0.512 e. The van der Waals surface area contributed by atoms with E-state index in [4.69, 9.17) is 0 Å². The van der Waals surface area contributed by atoms with Gasteiger partial charge in [-0.2, -0.15) is 70.2 Å². The molecule has 30 heavy (non-hydrogen) atoms. The van der Waals surface area contributed by atoms with E-state index in [0.29, 0.717) is 0 Å². The highest BCUT2D eigenvalue weighted by Crippen LogP contribution is 2.60. The van der Waals surface area contributed by atoms with E-state index in [1.807, 2.05) is 0 Å². The fraction of sp³-hybridized carbons (Fsp3) is 1.00. The third-order valence-corrected chi connectivity index (χ3v) is 6.06. The Labute approximate surface area is 153 Å². The lowest BCUT2D eigenvalue weighted by Crippen LogP contribution is -2.72. The Hall–Kier alpha value is -1.26. The number of halogens is 16. The molecule has 0 heterocycles. The topological polar surface area (TPSA) is 80.3 Å². The minimum Gasteiger partial charge on any atom is -0.205 e. The first kappa shape index (κ1) is 28.7. The highest BCUT2D eigenvalue weighted by Gasteiger charge is 2.92. The molecule has 0 amide bonds. The lowest BCUT2D eigenvalue weighted by Gasteiger charge is -2.39. The molecule has 0 radical (unpaired) electrons.